The Morgan fingerprint density at radius 2 is 2.19 bits per heavy atom. The summed E-state index contributed by atoms with van der Waals surface area (Å²) in [6.45, 7) is 4.60. The minimum Gasteiger partial charge on any atom is -0.381 e. The first-order valence-corrected chi connectivity index (χ1v) is 5.47. The molecule has 0 unspecified atom stereocenters. The van der Waals surface area contributed by atoms with Crippen molar-refractivity contribution in [2.45, 2.75) is 19.8 Å². The number of nitrogens with one attached hydrogen (secondary N) is 1. The molecule has 2 heterocycles. The molecule has 0 aliphatic carbocycles. The molecule has 1 aliphatic heterocycles. The van der Waals surface area contributed by atoms with E-state index in [4.69, 9.17) is 4.74 Å². The van der Waals surface area contributed by atoms with Crippen molar-refractivity contribution < 1.29 is 9.13 Å². The van der Waals surface area contributed by atoms with Crippen molar-refractivity contribution >= 4 is 5.82 Å². The molecular formula is C11H16FN3O. The summed E-state index contributed by atoms with van der Waals surface area (Å²) in [6, 6.07) is 1.31. The SMILES string of the molecule is CC1(CNc2cc(F)ncn2)CCOCC1. The van der Waals surface area contributed by atoms with Crippen LogP contribution in [0.3, 0.4) is 0 Å². The highest BCUT2D eigenvalue weighted by molar-refractivity contribution is 5.32. The molecule has 5 heteroatoms. The zero-order chi connectivity index (χ0) is 11.4. The van der Waals surface area contributed by atoms with E-state index in [-0.39, 0.29) is 5.41 Å². The summed E-state index contributed by atoms with van der Waals surface area (Å²) < 4.78 is 18.1. The molecule has 1 saturated heterocycles. The summed E-state index contributed by atoms with van der Waals surface area (Å²) in [4.78, 5) is 7.38. The molecule has 0 aromatic carbocycles. The summed E-state index contributed by atoms with van der Waals surface area (Å²) in [5, 5.41) is 3.15. The topological polar surface area (TPSA) is 47.0 Å². The maximum atomic E-state index is 12.8. The van der Waals surface area contributed by atoms with Crippen molar-refractivity contribution in [2.24, 2.45) is 5.41 Å². The number of rotatable bonds is 3. The summed E-state index contributed by atoms with van der Waals surface area (Å²) in [7, 11) is 0. The van der Waals surface area contributed by atoms with E-state index in [9.17, 15) is 4.39 Å². The molecule has 0 saturated carbocycles. The van der Waals surface area contributed by atoms with Crippen LogP contribution >= 0.6 is 0 Å². The van der Waals surface area contributed by atoms with E-state index in [1.54, 1.807) is 0 Å². The number of nitrogens with zero attached hydrogens (tertiary/aromatic N) is 2. The molecule has 1 aliphatic rings. The van der Waals surface area contributed by atoms with Crippen LogP contribution < -0.4 is 5.32 Å². The van der Waals surface area contributed by atoms with E-state index < -0.39 is 5.95 Å². The monoisotopic (exact) mass is 225 g/mol. The van der Waals surface area contributed by atoms with Gasteiger partial charge in [-0.2, -0.15) is 4.39 Å². The van der Waals surface area contributed by atoms with E-state index in [1.165, 1.54) is 12.4 Å². The van der Waals surface area contributed by atoms with E-state index in [0.717, 1.165) is 32.6 Å². The second-order valence-corrected chi connectivity index (χ2v) is 4.50. The zero-order valence-electron chi connectivity index (χ0n) is 9.37. The van der Waals surface area contributed by atoms with Crippen molar-refractivity contribution in [1.29, 1.82) is 0 Å². The highest BCUT2D eigenvalue weighted by Crippen LogP contribution is 2.29. The third-order valence-corrected chi connectivity index (χ3v) is 3.03. The standard InChI is InChI=1S/C11H16FN3O/c1-11(2-4-16-5-3-11)7-13-10-6-9(12)14-8-15-10/h6,8H,2-5,7H2,1H3,(H,13,14,15). The van der Waals surface area contributed by atoms with Crippen LogP contribution in [-0.2, 0) is 4.74 Å². The fourth-order valence-corrected chi connectivity index (χ4v) is 1.78. The van der Waals surface area contributed by atoms with Crippen molar-refractivity contribution in [2.75, 3.05) is 25.1 Å². The first-order valence-electron chi connectivity index (χ1n) is 5.47. The van der Waals surface area contributed by atoms with Gasteiger partial charge in [0.1, 0.15) is 12.1 Å². The van der Waals surface area contributed by atoms with Gasteiger partial charge < -0.3 is 10.1 Å². The molecule has 1 N–H and O–H groups in total. The summed E-state index contributed by atoms with van der Waals surface area (Å²) in [5.74, 6) is 0.0369. The predicted molar refractivity (Wildman–Crippen MR) is 58.6 cm³/mol. The van der Waals surface area contributed by atoms with Crippen LogP contribution in [0.15, 0.2) is 12.4 Å². The molecule has 0 atom stereocenters. The first-order chi connectivity index (χ1) is 7.68. The molecular weight excluding hydrogens is 209 g/mol. The molecule has 0 radical (unpaired) electrons. The third-order valence-electron chi connectivity index (χ3n) is 3.03. The van der Waals surface area contributed by atoms with Crippen LogP contribution in [0.1, 0.15) is 19.8 Å². The fourth-order valence-electron chi connectivity index (χ4n) is 1.78. The van der Waals surface area contributed by atoms with Gasteiger partial charge in [-0.1, -0.05) is 6.92 Å². The summed E-state index contributed by atoms with van der Waals surface area (Å²) in [6.07, 6.45) is 3.27. The number of hydrogen-bond donors (Lipinski definition) is 1. The van der Waals surface area contributed by atoms with Crippen LogP contribution in [0.25, 0.3) is 0 Å². The zero-order valence-corrected chi connectivity index (χ0v) is 9.37. The van der Waals surface area contributed by atoms with Gasteiger partial charge in [0.15, 0.2) is 0 Å². The van der Waals surface area contributed by atoms with E-state index in [0.29, 0.717) is 5.82 Å². The molecule has 16 heavy (non-hydrogen) atoms. The third kappa shape index (κ3) is 2.88. The Morgan fingerprint density at radius 3 is 2.88 bits per heavy atom. The average molecular weight is 225 g/mol. The second-order valence-electron chi connectivity index (χ2n) is 4.50. The highest BCUT2D eigenvalue weighted by atomic mass is 19.1. The lowest BCUT2D eigenvalue weighted by atomic mass is 9.82. The Hall–Kier alpha value is -1.23. The van der Waals surface area contributed by atoms with Gasteiger partial charge in [-0.05, 0) is 18.3 Å². The van der Waals surface area contributed by atoms with Gasteiger partial charge in [-0.3, -0.25) is 0 Å². The predicted octanol–water partition coefficient (Wildman–Crippen LogP) is 1.84. The summed E-state index contributed by atoms with van der Waals surface area (Å²) in [5.41, 5.74) is 0.208. The molecule has 1 aromatic rings. The molecule has 1 fully saturated rings. The Bertz CT molecular complexity index is 353. The van der Waals surface area contributed by atoms with Crippen molar-refractivity contribution in [1.82, 2.24) is 9.97 Å². The largest absolute Gasteiger partial charge is 0.381 e. The van der Waals surface area contributed by atoms with Gasteiger partial charge >= 0.3 is 0 Å². The Balaban J connectivity index is 1.91. The lowest BCUT2D eigenvalue weighted by molar-refractivity contribution is 0.0299. The number of aromatic nitrogens is 2. The van der Waals surface area contributed by atoms with Gasteiger partial charge in [0.2, 0.25) is 5.95 Å². The smallest absolute Gasteiger partial charge is 0.217 e. The fraction of sp³-hybridized carbons (Fsp3) is 0.636. The van der Waals surface area contributed by atoms with E-state index in [1.807, 2.05) is 0 Å². The number of hydrogen-bond acceptors (Lipinski definition) is 4. The lowest BCUT2D eigenvalue weighted by Gasteiger charge is -2.33. The maximum Gasteiger partial charge on any atom is 0.217 e. The van der Waals surface area contributed by atoms with Gasteiger partial charge in [-0.25, -0.2) is 9.97 Å². The molecule has 0 spiro atoms. The minimum atomic E-state index is -0.505. The quantitative estimate of drug-likeness (QED) is 0.797. The normalized spacial score (nSPS) is 19.4. The van der Waals surface area contributed by atoms with Gasteiger partial charge in [0.05, 0.1) is 0 Å². The van der Waals surface area contributed by atoms with Crippen LogP contribution in [0.2, 0.25) is 0 Å². The van der Waals surface area contributed by atoms with E-state index >= 15 is 0 Å². The van der Waals surface area contributed by atoms with Crippen LogP contribution in [-0.4, -0.2) is 29.7 Å². The number of ether oxygens (including phenoxy) is 1. The molecule has 0 bridgehead atoms. The van der Waals surface area contributed by atoms with Crippen LogP contribution in [0, 0.1) is 11.4 Å². The van der Waals surface area contributed by atoms with Crippen molar-refractivity contribution in [3.8, 4) is 0 Å². The number of anilines is 1. The van der Waals surface area contributed by atoms with Crippen LogP contribution in [0.4, 0.5) is 10.2 Å². The van der Waals surface area contributed by atoms with Crippen LogP contribution in [0.5, 0.6) is 0 Å². The lowest BCUT2D eigenvalue weighted by Crippen LogP contribution is -2.33. The van der Waals surface area contributed by atoms with Crippen molar-refractivity contribution in [3.05, 3.63) is 18.3 Å². The molecule has 2 rings (SSSR count). The first kappa shape index (κ1) is 11.3. The molecule has 0 amide bonds. The van der Waals surface area contributed by atoms with Gasteiger partial charge in [-0.15, -0.1) is 0 Å². The minimum absolute atomic E-state index is 0.208. The Labute approximate surface area is 94.2 Å². The van der Waals surface area contributed by atoms with E-state index in [2.05, 4.69) is 22.2 Å². The Kier molecular flexibility index (Phi) is 3.33. The molecule has 1 aromatic heterocycles. The Morgan fingerprint density at radius 1 is 1.44 bits per heavy atom. The molecule has 4 nitrogen and oxygen atoms in total. The average Bonchev–Trinajstić information content (AvgIpc) is 2.28. The second kappa shape index (κ2) is 4.74. The summed E-state index contributed by atoms with van der Waals surface area (Å²) >= 11 is 0. The van der Waals surface area contributed by atoms with Gasteiger partial charge in [0, 0.05) is 25.8 Å². The highest BCUT2D eigenvalue weighted by Gasteiger charge is 2.27. The number of halogens is 1. The molecule has 88 valence electrons. The van der Waals surface area contributed by atoms with Crippen molar-refractivity contribution in [3.63, 3.8) is 0 Å². The maximum absolute atomic E-state index is 12.8. The van der Waals surface area contributed by atoms with Gasteiger partial charge in [0.25, 0.3) is 0 Å².